The van der Waals surface area contributed by atoms with Crippen LogP contribution in [0.1, 0.15) is 117 Å². The molecule has 134 valence electrons. The maximum absolute atomic E-state index is 9.61. The van der Waals surface area contributed by atoms with Crippen LogP contribution in [0.2, 0.25) is 0 Å². The van der Waals surface area contributed by atoms with Crippen LogP contribution < -0.4 is 5.73 Å². The molecular formula is C20H43NO. The zero-order valence-corrected chi connectivity index (χ0v) is 15.5. The van der Waals surface area contributed by atoms with Crippen molar-refractivity contribution in [3.8, 4) is 0 Å². The summed E-state index contributed by atoms with van der Waals surface area (Å²) in [6, 6.07) is -0.0772. The van der Waals surface area contributed by atoms with Crippen LogP contribution in [0, 0.1) is 0 Å². The largest absolute Gasteiger partial charge is 0.392 e. The first-order valence-corrected chi connectivity index (χ1v) is 10.1. The summed E-state index contributed by atoms with van der Waals surface area (Å²) in [5.41, 5.74) is 5.65. The van der Waals surface area contributed by atoms with Gasteiger partial charge in [-0.2, -0.15) is 0 Å². The summed E-state index contributed by atoms with van der Waals surface area (Å²) < 4.78 is 0. The summed E-state index contributed by atoms with van der Waals surface area (Å²) in [5.74, 6) is 0. The number of hydrogen-bond acceptors (Lipinski definition) is 2. The van der Waals surface area contributed by atoms with Crippen molar-refractivity contribution in [2.45, 2.75) is 129 Å². The molecule has 0 aliphatic carbocycles. The predicted molar refractivity (Wildman–Crippen MR) is 99.2 cm³/mol. The van der Waals surface area contributed by atoms with E-state index in [0.717, 1.165) is 12.8 Å². The fourth-order valence-corrected chi connectivity index (χ4v) is 2.99. The molecule has 0 spiro atoms. The Morgan fingerprint density at radius 1 is 0.636 bits per heavy atom. The third kappa shape index (κ3) is 16.3. The van der Waals surface area contributed by atoms with Gasteiger partial charge in [0.05, 0.1) is 6.10 Å². The van der Waals surface area contributed by atoms with E-state index >= 15 is 0 Å². The quantitative estimate of drug-likeness (QED) is 0.326. The van der Waals surface area contributed by atoms with Gasteiger partial charge < -0.3 is 10.8 Å². The van der Waals surface area contributed by atoms with Crippen LogP contribution in [-0.2, 0) is 0 Å². The molecular weight excluding hydrogens is 270 g/mol. The lowest BCUT2D eigenvalue weighted by Gasteiger charge is -2.13. The van der Waals surface area contributed by atoms with Gasteiger partial charge in [-0.3, -0.25) is 0 Å². The molecule has 22 heavy (non-hydrogen) atoms. The van der Waals surface area contributed by atoms with Crippen molar-refractivity contribution in [1.29, 1.82) is 0 Å². The smallest absolute Gasteiger partial charge is 0.0688 e. The summed E-state index contributed by atoms with van der Waals surface area (Å²) in [7, 11) is 0. The lowest BCUT2D eigenvalue weighted by atomic mass is 10.0. The molecule has 0 aliphatic rings. The lowest BCUT2D eigenvalue weighted by molar-refractivity contribution is 0.138. The molecule has 0 bridgehead atoms. The number of unbranched alkanes of at least 4 members (excludes halogenated alkanes) is 14. The molecule has 0 fully saturated rings. The second-order valence-corrected chi connectivity index (χ2v) is 7.16. The van der Waals surface area contributed by atoms with Gasteiger partial charge in [0.25, 0.3) is 0 Å². The molecule has 0 aromatic heterocycles. The first kappa shape index (κ1) is 21.9. The highest BCUT2D eigenvalue weighted by atomic mass is 16.3. The first-order valence-electron chi connectivity index (χ1n) is 10.1. The third-order valence-corrected chi connectivity index (χ3v) is 4.71. The van der Waals surface area contributed by atoms with Crippen LogP contribution in [0.4, 0.5) is 0 Å². The monoisotopic (exact) mass is 313 g/mol. The standard InChI is InChI=1S/C20H43NO/c1-3-4-5-6-7-8-9-10-11-12-13-14-15-16-17-18-20(22)19(2)21/h19-20,22H,3-18,21H2,1-2H3. The van der Waals surface area contributed by atoms with E-state index in [1.54, 1.807) is 0 Å². The summed E-state index contributed by atoms with van der Waals surface area (Å²) in [5, 5.41) is 9.61. The van der Waals surface area contributed by atoms with Gasteiger partial charge in [-0.25, -0.2) is 0 Å². The van der Waals surface area contributed by atoms with Gasteiger partial charge in [0.15, 0.2) is 0 Å². The highest BCUT2D eigenvalue weighted by molar-refractivity contribution is 4.65. The van der Waals surface area contributed by atoms with E-state index in [2.05, 4.69) is 6.92 Å². The maximum atomic E-state index is 9.61. The molecule has 3 N–H and O–H groups in total. The van der Waals surface area contributed by atoms with Crippen LogP contribution in [0.5, 0.6) is 0 Å². The van der Waals surface area contributed by atoms with E-state index in [4.69, 9.17) is 5.73 Å². The van der Waals surface area contributed by atoms with Crippen molar-refractivity contribution in [3.05, 3.63) is 0 Å². The highest BCUT2D eigenvalue weighted by Gasteiger charge is 2.07. The van der Waals surface area contributed by atoms with Crippen LogP contribution in [0.15, 0.2) is 0 Å². The molecule has 0 rings (SSSR count). The molecule has 0 heterocycles. The van der Waals surface area contributed by atoms with Crippen LogP contribution in [0.25, 0.3) is 0 Å². The molecule has 0 aliphatic heterocycles. The Morgan fingerprint density at radius 2 is 0.955 bits per heavy atom. The SMILES string of the molecule is CCCCCCCCCCCCCCCCCC(O)C(C)N. The van der Waals surface area contributed by atoms with Gasteiger partial charge in [-0.05, 0) is 13.3 Å². The van der Waals surface area contributed by atoms with Crippen molar-refractivity contribution in [2.75, 3.05) is 0 Å². The van der Waals surface area contributed by atoms with Crippen LogP contribution >= 0.6 is 0 Å². The minimum Gasteiger partial charge on any atom is -0.392 e. The van der Waals surface area contributed by atoms with E-state index in [1.165, 1.54) is 89.9 Å². The average Bonchev–Trinajstić information content (AvgIpc) is 2.50. The molecule has 0 saturated carbocycles. The van der Waals surface area contributed by atoms with Crippen molar-refractivity contribution < 1.29 is 5.11 Å². The average molecular weight is 314 g/mol. The van der Waals surface area contributed by atoms with Crippen molar-refractivity contribution in [3.63, 3.8) is 0 Å². The van der Waals surface area contributed by atoms with Gasteiger partial charge in [0.1, 0.15) is 0 Å². The molecule has 0 saturated heterocycles. The number of aliphatic hydroxyl groups excluding tert-OH is 1. The topological polar surface area (TPSA) is 46.2 Å². The van der Waals surface area contributed by atoms with E-state index < -0.39 is 0 Å². The Balaban J connectivity index is 3.03. The Morgan fingerprint density at radius 3 is 1.27 bits per heavy atom. The third-order valence-electron chi connectivity index (χ3n) is 4.71. The molecule has 2 heteroatoms. The predicted octanol–water partition coefficient (Wildman–Crippen LogP) is 5.96. The zero-order chi connectivity index (χ0) is 16.5. The molecule has 0 amide bonds. The number of aliphatic hydroxyl groups is 1. The number of hydrogen-bond donors (Lipinski definition) is 2. The molecule has 2 unspecified atom stereocenters. The number of rotatable bonds is 17. The van der Waals surface area contributed by atoms with Gasteiger partial charge >= 0.3 is 0 Å². The van der Waals surface area contributed by atoms with Gasteiger partial charge in [0.2, 0.25) is 0 Å². The minimum absolute atomic E-state index is 0.0772. The van der Waals surface area contributed by atoms with Crippen molar-refractivity contribution in [2.24, 2.45) is 5.73 Å². The maximum Gasteiger partial charge on any atom is 0.0688 e. The van der Waals surface area contributed by atoms with Crippen LogP contribution in [-0.4, -0.2) is 17.3 Å². The van der Waals surface area contributed by atoms with E-state index in [1.807, 2.05) is 6.92 Å². The molecule has 2 nitrogen and oxygen atoms in total. The van der Waals surface area contributed by atoms with E-state index in [9.17, 15) is 5.11 Å². The summed E-state index contributed by atoms with van der Waals surface area (Å²) in [6.45, 7) is 4.17. The normalized spacial score (nSPS) is 14.2. The summed E-state index contributed by atoms with van der Waals surface area (Å²) in [4.78, 5) is 0. The Labute approximate surface area is 140 Å². The second kappa shape index (κ2) is 17.3. The minimum atomic E-state index is -0.304. The van der Waals surface area contributed by atoms with Crippen LogP contribution in [0.3, 0.4) is 0 Å². The Bertz CT molecular complexity index is 206. The van der Waals surface area contributed by atoms with Crippen molar-refractivity contribution >= 4 is 0 Å². The van der Waals surface area contributed by atoms with Gasteiger partial charge in [0, 0.05) is 6.04 Å². The Hall–Kier alpha value is -0.0800. The molecule has 0 aromatic carbocycles. The van der Waals surface area contributed by atoms with E-state index in [0.29, 0.717) is 0 Å². The summed E-state index contributed by atoms with van der Waals surface area (Å²) in [6.07, 6.45) is 21.3. The Kier molecular flexibility index (Phi) is 17.2. The first-order chi connectivity index (χ1) is 10.7. The highest BCUT2D eigenvalue weighted by Crippen LogP contribution is 2.14. The fourth-order valence-electron chi connectivity index (χ4n) is 2.99. The van der Waals surface area contributed by atoms with Crippen molar-refractivity contribution in [1.82, 2.24) is 0 Å². The van der Waals surface area contributed by atoms with E-state index in [-0.39, 0.29) is 12.1 Å². The second-order valence-electron chi connectivity index (χ2n) is 7.16. The van der Waals surface area contributed by atoms with Gasteiger partial charge in [-0.15, -0.1) is 0 Å². The zero-order valence-electron chi connectivity index (χ0n) is 15.5. The lowest BCUT2D eigenvalue weighted by Crippen LogP contribution is -2.31. The van der Waals surface area contributed by atoms with Gasteiger partial charge in [-0.1, -0.05) is 103 Å². The summed E-state index contributed by atoms with van der Waals surface area (Å²) >= 11 is 0. The molecule has 2 atom stereocenters. The molecule has 0 radical (unpaired) electrons. The number of nitrogens with two attached hydrogens (primary N) is 1. The molecule has 0 aromatic rings. The fraction of sp³-hybridized carbons (Fsp3) is 1.00.